The number of pyridine rings is 1. The first-order valence-corrected chi connectivity index (χ1v) is 26.9. The number of aryl methyl sites for hydroxylation is 1. The minimum absolute atomic E-state index is 0.0154. The van der Waals surface area contributed by atoms with Crippen molar-refractivity contribution in [1.29, 1.82) is 0 Å². The van der Waals surface area contributed by atoms with Crippen molar-refractivity contribution in [2.45, 2.75) is 140 Å². The highest BCUT2D eigenvalue weighted by molar-refractivity contribution is 7.99. The number of halogens is 1. The van der Waals surface area contributed by atoms with Gasteiger partial charge in [-0.15, -0.1) is 11.3 Å². The molecule has 0 unspecified atom stereocenters. The molecule has 3 aromatic heterocycles. The standard InChI is InChI=1S/C51H68ClN11O7S2/c1-29-43(71-28-57-29)32-7-8-33(21-56-47(67)38-20-35(66)25-63(38)49(69)44(50(3,4)5)58-30(2)65)39(19-32)70-36-11-9-31(10-12-36)48(68)62-23-34(24-62)59-45-42(52)40(13-16-54-45)72-41-22-55-46(37(26-64)60-41)61-17-14-51(6,27-53)15-18-61/h7-8,13,16,19,22,28,31,34-36,38,44,64,66H,9-12,14-15,17-18,20-21,23-27,53H2,1-6H3,(H,54,59)(H,56,67)(H,58,65)/t31?,35-,36?,38+,44-/m1/s1. The van der Waals surface area contributed by atoms with Crippen molar-refractivity contribution < 1.29 is 34.1 Å². The maximum Gasteiger partial charge on any atom is 0.246 e. The Morgan fingerprint density at radius 2 is 1.79 bits per heavy atom. The number of carbonyl (C=O) groups is 4. The van der Waals surface area contributed by atoms with Gasteiger partial charge in [-0.25, -0.2) is 19.9 Å². The number of anilines is 2. The number of aromatic nitrogens is 4. The number of nitrogens with zero attached hydrogens (tertiary/aromatic N) is 7. The van der Waals surface area contributed by atoms with Gasteiger partial charge in [0.25, 0.3) is 0 Å². The first kappa shape index (κ1) is 53.2. The Bertz CT molecular complexity index is 2610. The van der Waals surface area contributed by atoms with Crippen LogP contribution in [0, 0.1) is 23.7 Å². The fourth-order valence-electron chi connectivity index (χ4n) is 9.97. The van der Waals surface area contributed by atoms with Crippen LogP contribution in [0.2, 0.25) is 5.02 Å². The highest BCUT2D eigenvalue weighted by atomic mass is 35.5. The van der Waals surface area contributed by atoms with Crippen molar-refractivity contribution in [2.24, 2.45) is 22.5 Å². The molecule has 1 aliphatic carbocycles. The van der Waals surface area contributed by atoms with E-state index in [4.69, 9.17) is 32.0 Å². The maximum atomic E-state index is 13.8. The number of ether oxygens (including phenoxy) is 1. The summed E-state index contributed by atoms with van der Waals surface area (Å²) < 4.78 is 6.74. The molecular weight excluding hydrogens is 978 g/mol. The summed E-state index contributed by atoms with van der Waals surface area (Å²) in [7, 11) is 0. The zero-order valence-corrected chi connectivity index (χ0v) is 44.3. The number of hydrogen-bond acceptors (Lipinski definition) is 16. The monoisotopic (exact) mass is 1050 g/mol. The number of nitrogens with two attached hydrogens (primary N) is 1. The van der Waals surface area contributed by atoms with Crippen molar-refractivity contribution in [3.05, 3.63) is 64.1 Å². The lowest BCUT2D eigenvalue weighted by atomic mass is 9.80. The van der Waals surface area contributed by atoms with E-state index in [1.54, 1.807) is 17.9 Å². The molecule has 3 atom stereocenters. The summed E-state index contributed by atoms with van der Waals surface area (Å²) in [5.74, 6) is 0.633. The Morgan fingerprint density at radius 3 is 2.44 bits per heavy atom. The number of carbonyl (C=O) groups excluding carboxylic acids is 4. The highest BCUT2D eigenvalue weighted by Gasteiger charge is 2.44. The number of thiazole rings is 1. The zero-order chi connectivity index (χ0) is 51.5. The van der Waals surface area contributed by atoms with E-state index in [1.807, 2.05) is 56.9 Å². The van der Waals surface area contributed by atoms with Crippen LogP contribution in [0.4, 0.5) is 11.6 Å². The van der Waals surface area contributed by atoms with E-state index in [9.17, 15) is 29.4 Å². The molecule has 3 saturated heterocycles. The molecule has 3 aliphatic heterocycles. The Morgan fingerprint density at radius 1 is 1.06 bits per heavy atom. The summed E-state index contributed by atoms with van der Waals surface area (Å²) in [6.45, 7) is 14.2. The molecule has 0 radical (unpaired) electrons. The molecule has 4 aliphatic rings. The molecule has 0 spiro atoms. The lowest BCUT2D eigenvalue weighted by molar-refractivity contribution is -0.143. The van der Waals surface area contributed by atoms with Crippen LogP contribution < -0.4 is 31.3 Å². The molecule has 6 heterocycles. The second-order valence-corrected chi connectivity index (χ2v) is 23.4. The molecular formula is C51H68ClN11O7S2. The quantitative estimate of drug-likeness (QED) is 0.0806. The van der Waals surface area contributed by atoms with E-state index in [2.05, 4.69) is 37.7 Å². The number of hydrogen-bond donors (Lipinski definition) is 6. The van der Waals surface area contributed by atoms with Crippen molar-refractivity contribution in [3.8, 4) is 16.2 Å². The largest absolute Gasteiger partial charge is 0.490 e. The van der Waals surface area contributed by atoms with E-state index in [1.165, 1.54) is 34.9 Å². The normalized spacial score (nSPS) is 21.7. The van der Waals surface area contributed by atoms with Gasteiger partial charge in [0.1, 0.15) is 34.4 Å². The van der Waals surface area contributed by atoms with E-state index in [-0.39, 0.29) is 61.4 Å². The van der Waals surface area contributed by atoms with Gasteiger partial charge in [0.15, 0.2) is 5.82 Å². The van der Waals surface area contributed by atoms with E-state index in [0.717, 1.165) is 52.5 Å². The summed E-state index contributed by atoms with van der Waals surface area (Å²) in [6.07, 6.45) is 7.00. The summed E-state index contributed by atoms with van der Waals surface area (Å²) in [4.78, 5) is 79.1. The minimum atomic E-state index is -0.920. The number of amides is 4. The van der Waals surface area contributed by atoms with E-state index < -0.39 is 35.4 Å². The molecule has 4 fully saturated rings. The van der Waals surface area contributed by atoms with Crippen LogP contribution in [-0.4, -0.2) is 133 Å². The minimum Gasteiger partial charge on any atom is -0.490 e. The van der Waals surface area contributed by atoms with Crippen molar-refractivity contribution in [3.63, 3.8) is 0 Å². The topological polar surface area (TPSA) is 241 Å². The summed E-state index contributed by atoms with van der Waals surface area (Å²) >= 11 is 9.79. The van der Waals surface area contributed by atoms with Gasteiger partial charge < -0.3 is 51.3 Å². The Labute approximate surface area is 434 Å². The lowest BCUT2D eigenvalue weighted by Crippen LogP contribution is -2.58. The van der Waals surface area contributed by atoms with Gasteiger partial charge in [-0.3, -0.25) is 19.2 Å². The Hall–Kier alpha value is -5.12. The molecule has 4 amide bonds. The summed E-state index contributed by atoms with van der Waals surface area (Å²) in [5, 5.41) is 31.1. The van der Waals surface area contributed by atoms with Crippen molar-refractivity contribution >= 4 is 70.0 Å². The SMILES string of the molecule is CC(=O)N[C@H](C(=O)N1C[C@H](O)C[C@H]1C(=O)NCc1ccc(-c2scnc2C)cc1OC1CCC(C(=O)N2CC(Nc3nccc(Sc4cnc(N5CCC(C)(CN)CC5)c(CO)n4)c3Cl)C2)CC1)C(C)(C)C. The van der Waals surface area contributed by atoms with Gasteiger partial charge in [0, 0.05) is 75.2 Å². The number of rotatable bonds is 16. The van der Waals surface area contributed by atoms with Gasteiger partial charge in [0.2, 0.25) is 23.6 Å². The lowest BCUT2D eigenvalue weighted by Gasteiger charge is -2.42. The molecule has 4 aromatic rings. The van der Waals surface area contributed by atoms with Crippen LogP contribution in [0.15, 0.2) is 52.1 Å². The average Bonchev–Trinajstić information content (AvgIpc) is 3.97. The molecule has 7 N–H and O–H groups in total. The maximum absolute atomic E-state index is 13.8. The van der Waals surface area contributed by atoms with Crippen molar-refractivity contribution in [2.75, 3.05) is 49.5 Å². The van der Waals surface area contributed by atoms with Crippen LogP contribution in [0.3, 0.4) is 0 Å². The molecule has 388 valence electrons. The third kappa shape index (κ3) is 12.3. The molecule has 1 saturated carbocycles. The average molecular weight is 1050 g/mol. The Balaban J connectivity index is 0.845. The molecule has 72 heavy (non-hydrogen) atoms. The summed E-state index contributed by atoms with van der Waals surface area (Å²) in [5.41, 5.74) is 10.4. The first-order valence-electron chi connectivity index (χ1n) is 24.9. The van der Waals surface area contributed by atoms with Crippen LogP contribution in [0.1, 0.15) is 96.5 Å². The van der Waals surface area contributed by atoms with Crippen LogP contribution in [-0.2, 0) is 32.3 Å². The highest BCUT2D eigenvalue weighted by Crippen LogP contribution is 2.39. The molecule has 8 rings (SSSR count). The number of β-amino-alcohol motifs (C(OH)–C–C–N with tert-alkyl or cyclic N) is 1. The molecule has 18 nitrogen and oxygen atoms in total. The van der Waals surface area contributed by atoms with Crippen LogP contribution >= 0.6 is 34.7 Å². The number of aliphatic hydroxyl groups is 2. The zero-order valence-electron chi connectivity index (χ0n) is 42.0. The number of likely N-dealkylation sites (tertiary alicyclic amines) is 2. The first-order chi connectivity index (χ1) is 34.3. The Kier molecular flexibility index (Phi) is 16.7. The van der Waals surface area contributed by atoms with Crippen molar-refractivity contribution in [1.82, 2.24) is 40.4 Å². The number of nitrogens with one attached hydrogen (secondary N) is 3. The smallest absolute Gasteiger partial charge is 0.246 e. The molecule has 0 bridgehead atoms. The fraction of sp³-hybridized carbons (Fsp3) is 0.569. The van der Waals surface area contributed by atoms with Gasteiger partial charge in [-0.05, 0) is 80.5 Å². The van der Waals surface area contributed by atoms with Gasteiger partial charge in [-0.2, -0.15) is 0 Å². The third-order valence-electron chi connectivity index (χ3n) is 14.5. The second kappa shape index (κ2) is 22.6. The number of benzene rings is 1. The predicted octanol–water partition coefficient (Wildman–Crippen LogP) is 5.55. The van der Waals surface area contributed by atoms with Crippen LogP contribution in [0.25, 0.3) is 10.4 Å². The van der Waals surface area contributed by atoms with Gasteiger partial charge in [-0.1, -0.05) is 63.2 Å². The van der Waals surface area contributed by atoms with Gasteiger partial charge >= 0.3 is 0 Å². The number of piperidine rings is 1. The van der Waals surface area contributed by atoms with Crippen LogP contribution in [0.5, 0.6) is 5.75 Å². The second-order valence-electron chi connectivity index (χ2n) is 21.1. The predicted molar refractivity (Wildman–Crippen MR) is 278 cm³/mol. The van der Waals surface area contributed by atoms with E-state index in [0.29, 0.717) is 78.4 Å². The number of aliphatic hydroxyl groups excluding tert-OH is 2. The molecule has 1 aromatic carbocycles. The third-order valence-corrected chi connectivity index (χ3v) is 16.9. The fourth-order valence-corrected chi connectivity index (χ4v) is 11.9. The summed E-state index contributed by atoms with van der Waals surface area (Å²) in [6, 6.07) is 5.88. The van der Waals surface area contributed by atoms with Gasteiger partial charge in [0.05, 0.1) is 52.2 Å². The van der Waals surface area contributed by atoms with E-state index >= 15 is 0 Å². The molecule has 21 heteroatoms.